The largest absolute Gasteiger partial charge is 0.307 e. The van der Waals surface area contributed by atoms with Gasteiger partial charge >= 0.3 is 0 Å². The van der Waals surface area contributed by atoms with Crippen molar-refractivity contribution >= 4 is 107 Å². The van der Waals surface area contributed by atoms with Crippen molar-refractivity contribution in [2.45, 2.75) is 0 Å². The molecule has 0 radical (unpaired) electrons. The molecule has 0 aliphatic rings. The van der Waals surface area contributed by atoms with E-state index in [-0.39, 0.29) is 0 Å². The van der Waals surface area contributed by atoms with Crippen LogP contribution in [0, 0.1) is 22.7 Å². The molecule has 0 spiro atoms. The third-order valence-corrected chi connectivity index (χ3v) is 12.5. The number of para-hydroxylation sites is 2. The Labute approximate surface area is 293 Å². The minimum atomic E-state index is 0.455. The van der Waals surface area contributed by atoms with Gasteiger partial charge in [0.2, 0.25) is 0 Å². The maximum absolute atomic E-state index is 10.7. The molecule has 0 bridgehead atoms. The lowest BCUT2D eigenvalue weighted by atomic mass is 10.0. The molecular formula is C44H22N4S2. The van der Waals surface area contributed by atoms with Crippen molar-refractivity contribution in [2.75, 3.05) is 0 Å². The Morgan fingerprint density at radius 3 is 1.28 bits per heavy atom. The van der Waals surface area contributed by atoms with Crippen LogP contribution in [0.15, 0.2) is 133 Å². The Bertz CT molecular complexity index is 3130. The molecule has 0 saturated carbocycles. The number of rotatable bonds is 2. The van der Waals surface area contributed by atoms with E-state index in [1.165, 1.54) is 40.3 Å². The van der Waals surface area contributed by atoms with Gasteiger partial charge in [-0.25, -0.2) is 0 Å². The number of hydrogen-bond donors (Lipinski definition) is 0. The smallest absolute Gasteiger partial charge is 0.101 e. The van der Waals surface area contributed by atoms with Crippen molar-refractivity contribution in [1.82, 2.24) is 9.13 Å². The van der Waals surface area contributed by atoms with Crippen LogP contribution in [0.4, 0.5) is 0 Å². The van der Waals surface area contributed by atoms with E-state index >= 15 is 0 Å². The molecule has 7 aromatic carbocycles. The van der Waals surface area contributed by atoms with Crippen LogP contribution in [0.2, 0.25) is 0 Å². The second-order valence-corrected chi connectivity index (χ2v) is 14.8. The number of aromatic nitrogens is 2. The molecule has 0 amide bonds. The van der Waals surface area contributed by atoms with Gasteiger partial charge in [0.25, 0.3) is 0 Å². The lowest BCUT2D eigenvalue weighted by Crippen LogP contribution is -2.04. The second-order valence-electron chi connectivity index (χ2n) is 12.7. The van der Waals surface area contributed by atoms with E-state index in [4.69, 9.17) is 0 Å². The molecule has 0 aliphatic carbocycles. The first-order chi connectivity index (χ1) is 24.7. The summed E-state index contributed by atoms with van der Waals surface area (Å²) in [6.45, 7) is 0. The van der Waals surface area contributed by atoms with Crippen molar-refractivity contribution in [3.8, 4) is 23.5 Å². The molecule has 0 unspecified atom stereocenters. The normalized spacial score (nSPS) is 12.0. The fourth-order valence-corrected chi connectivity index (χ4v) is 10.4. The van der Waals surface area contributed by atoms with E-state index in [9.17, 15) is 10.5 Å². The Kier molecular flexibility index (Phi) is 5.52. The Balaban J connectivity index is 1.35. The van der Waals surface area contributed by atoms with Crippen molar-refractivity contribution in [3.05, 3.63) is 145 Å². The molecule has 50 heavy (non-hydrogen) atoms. The van der Waals surface area contributed by atoms with E-state index in [2.05, 4.69) is 149 Å². The predicted molar refractivity (Wildman–Crippen MR) is 210 cm³/mol. The Morgan fingerprint density at radius 1 is 0.400 bits per heavy atom. The SMILES string of the molecule is N#Cc1cc(C#N)c(-n2c3ccccc3c3ccc4sc5ccccc5c4c32)cc1-n1c2ccccc2c2ccc3sc4ccccc4c3c21. The standard InChI is InChI=1S/C44H22N4S2/c45-23-25-21-26(24-46)36(48-34-14-6-2-10-28(34)30-18-20-40-42(44(30)48)32-12-4-8-16-38(32)50-40)22-35(25)47-33-13-5-1-9-27(33)29-17-19-39-41(43(29)47)31-11-3-7-15-37(31)49-39/h1-22H. The highest BCUT2D eigenvalue weighted by Gasteiger charge is 2.24. The molecule has 6 heteroatoms. The number of thiophene rings is 2. The first kappa shape index (κ1) is 27.5. The summed E-state index contributed by atoms with van der Waals surface area (Å²) in [6.07, 6.45) is 0. The molecule has 4 nitrogen and oxygen atoms in total. The fourth-order valence-electron chi connectivity index (χ4n) is 8.16. The highest BCUT2D eigenvalue weighted by molar-refractivity contribution is 7.26. The highest BCUT2D eigenvalue weighted by atomic mass is 32.1. The molecule has 0 fully saturated rings. The van der Waals surface area contributed by atoms with Gasteiger partial charge in [0.1, 0.15) is 12.1 Å². The van der Waals surface area contributed by atoms with Gasteiger partial charge in [-0.3, -0.25) is 0 Å². The minimum absolute atomic E-state index is 0.455. The molecule has 11 rings (SSSR count). The van der Waals surface area contributed by atoms with E-state index < -0.39 is 0 Å². The van der Waals surface area contributed by atoms with E-state index in [0.29, 0.717) is 11.1 Å². The lowest BCUT2D eigenvalue weighted by molar-refractivity contribution is 1.12. The van der Waals surface area contributed by atoms with Gasteiger partial charge in [-0.1, -0.05) is 84.9 Å². The van der Waals surface area contributed by atoms with Gasteiger partial charge in [-0.05, 0) is 48.5 Å². The molecule has 0 atom stereocenters. The monoisotopic (exact) mass is 670 g/mol. The quantitative estimate of drug-likeness (QED) is 0.184. The predicted octanol–water partition coefficient (Wildman–Crippen LogP) is 12.4. The van der Waals surface area contributed by atoms with E-state index in [0.717, 1.165) is 55.0 Å². The van der Waals surface area contributed by atoms with Crippen LogP contribution in [-0.4, -0.2) is 9.13 Å². The topological polar surface area (TPSA) is 57.4 Å². The number of fused-ring (bicyclic) bond motifs is 14. The maximum Gasteiger partial charge on any atom is 0.101 e. The zero-order valence-corrected chi connectivity index (χ0v) is 27.9. The number of hydrogen-bond acceptors (Lipinski definition) is 4. The summed E-state index contributed by atoms with van der Waals surface area (Å²) < 4.78 is 9.38. The molecule has 4 aromatic heterocycles. The van der Waals surface area contributed by atoms with E-state index in [1.54, 1.807) is 28.7 Å². The average molecular weight is 671 g/mol. The van der Waals surface area contributed by atoms with Crippen LogP contribution in [0.1, 0.15) is 11.1 Å². The molecule has 0 N–H and O–H groups in total. The highest BCUT2D eigenvalue weighted by Crippen LogP contribution is 2.46. The molecule has 4 heterocycles. The third-order valence-electron chi connectivity index (χ3n) is 10.2. The summed E-state index contributed by atoms with van der Waals surface area (Å²) in [5.74, 6) is 0. The average Bonchev–Trinajstić information content (AvgIpc) is 3.91. The first-order valence-corrected chi connectivity index (χ1v) is 18.0. The van der Waals surface area contributed by atoms with Gasteiger partial charge in [-0.15, -0.1) is 22.7 Å². The molecule has 0 aliphatic heterocycles. The zero-order valence-electron chi connectivity index (χ0n) is 26.3. The molecule has 230 valence electrons. The summed E-state index contributed by atoms with van der Waals surface area (Å²) in [6, 6.07) is 51.7. The molecular weight excluding hydrogens is 649 g/mol. The third kappa shape index (κ3) is 3.51. The number of benzene rings is 7. The van der Waals surface area contributed by atoms with Crippen LogP contribution < -0.4 is 0 Å². The van der Waals surface area contributed by atoms with Crippen molar-refractivity contribution < 1.29 is 0 Å². The number of nitriles is 2. The second kappa shape index (κ2) is 10.0. The summed E-state index contributed by atoms with van der Waals surface area (Å²) in [5, 5.41) is 30.8. The van der Waals surface area contributed by atoms with Gasteiger partial charge < -0.3 is 9.13 Å². The molecule has 11 aromatic rings. The van der Waals surface area contributed by atoms with Crippen LogP contribution in [0.5, 0.6) is 0 Å². The number of nitrogens with zero attached hydrogens (tertiary/aromatic N) is 4. The Morgan fingerprint density at radius 2 is 0.820 bits per heavy atom. The minimum Gasteiger partial charge on any atom is -0.307 e. The van der Waals surface area contributed by atoms with Crippen LogP contribution >= 0.6 is 22.7 Å². The Hall–Kier alpha value is -6.44. The van der Waals surface area contributed by atoms with Crippen molar-refractivity contribution in [2.24, 2.45) is 0 Å². The molecule has 0 saturated heterocycles. The van der Waals surface area contributed by atoms with Crippen LogP contribution in [0.25, 0.3) is 95.3 Å². The van der Waals surface area contributed by atoms with Crippen LogP contribution in [-0.2, 0) is 0 Å². The maximum atomic E-state index is 10.7. The summed E-state index contributed by atoms with van der Waals surface area (Å²) in [4.78, 5) is 0. The van der Waals surface area contributed by atoms with Gasteiger partial charge in [0, 0.05) is 61.9 Å². The van der Waals surface area contributed by atoms with Crippen molar-refractivity contribution in [1.29, 1.82) is 10.5 Å². The summed E-state index contributed by atoms with van der Waals surface area (Å²) in [5.41, 5.74) is 6.60. The van der Waals surface area contributed by atoms with Gasteiger partial charge in [-0.2, -0.15) is 10.5 Å². The van der Waals surface area contributed by atoms with E-state index in [1.807, 2.05) is 0 Å². The summed E-state index contributed by atoms with van der Waals surface area (Å²) in [7, 11) is 0. The fraction of sp³-hybridized carbons (Fsp3) is 0. The van der Waals surface area contributed by atoms with Gasteiger partial charge in [0.05, 0.1) is 44.6 Å². The van der Waals surface area contributed by atoms with Gasteiger partial charge in [0.15, 0.2) is 0 Å². The summed E-state index contributed by atoms with van der Waals surface area (Å²) >= 11 is 3.58. The first-order valence-electron chi connectivity index (χ1n) is 16.4. The lowest BCUT2D eigenvalue weighted by Gasteiger charge is -2.16. The van der Waals surface area contributed by atoms with Crippen LogP contribution in [0.3, 0.4) is 0 Å². The zero-order chi connectivity index (χ0) is 33.1. The van der Waals surface area contributed by atoms with Crippen molar-refractivity contribution in [3.63, 3.8) is 0 Å².